The highest BCUT2D eigenvalue weighted by molar-refractivity contribution is 6.02. The fraction of sp³-hybridized carbons (Fsp3) is 0.636. The molecule has 0 radical (unpaired) electrons. The first-order chi connectivity index (χ1) is 13.5. The molecule has 2 amide bonds. The molecule has 0 spiro atoms. The Morgan fingerprint density at radius 1 is 1.21 bits per heavy atom. The van der Waals surface area contributed by atoms with Crippen LogP contribution in [0.2, 0.25) is 0 Å². The summed E-state index contributed by atoms with van der Waals surface area (Å²) in [5.41, 5.74) is 2.25. The average molecular weight is 390 g/mol. The molecule has 0 aliphatic carbocycles. The summed E-state index contributed by atoms with van der Waals surface area (Å²) >= 11 is 0. The maximum atomic E-state index is 12.9. The summed E-state index contributed by atoms with van der Waals surface area (Å²) in [5, 5.41) is 5.91. The Morgan fingerprint density at radius 3 is 2.64 bits per heavy atom. The van der Waals surface area contributed by atoms with Crippen molar-refractivity contribution in [1.82, 2.24) is 5.32 Å². The molecule has 1 aliphatic rings. The van der Waals surface area contributed by atoms with Gasteiger partial charge in [-0.05, 0) is 49.8 Å². The van der Waals surface area contributed by atoms with Crippen LogP contribution in [-0.4, -0.2) is 45.2 Å². The van der Waals surface area contributed by atoms with Crippen LogP contribution in [0, 0.1) is 5.92 Å². The van der Waals surface area contributed by atoms with E-state index in [1.807, 2.05) is 18.2 Å². The smallest absolute Gasteiger partial charge is 0.253 e. The average Bonchev–Trinajstić information content (AvgIpc) is 2.70. The zero-order chi connectivity index (χ0) is 20.4. The highest BCUT2D eigenvalue weighted by atomic mass is 16.5. The number of amides is 2. The molecule has 0 aromatic heterocycles. The molecule has 0 unspecified atom stereocenters. The van der Waals surface area contributed by atoms with Gasteiger partial charge >= 0.3 is 0 Å². The zero-order valence-corrected chi connectivity index (χ0v) is 17.6. The molecule has 1 fully saturated rings. The van der Waals surface area contributed by atoms with Crippen molar-refractivity contribution in [2.75, 3.05) is 43.6 Å². The van der Waals surface area contributed by atoms with Gasteiger partial charge in [0, 0.05) is 51.1 Å². The summed E-state index contributed by atoms with van der Waals surface area (Å²) in [5.74, 6) is 0.613. The van der Waals surface area contributed by atoms with Gasteiger partial charge < -0.3 is 20.3 Å². The minimum Gasteiger partial charge on any atom is -0.385 e. The van der Waals surface area contributed by atoms with Gasteiger partial charge in [-0.2, -0.15) is 0 Å². The number of hydrogen-bond acceptors (Lipinski definition) is 4. The van der Waals surface area contributed by atoms with Crippen molar-refractivity contribution < 1.29 is 14.3 Å². The Balaban J connectivity index is 2.15. The van der Waals surface area contributed by atoms with Gasteiger partial charge in [-0.3, -0.25) is 9.59 Å². The summed E-state index contributed by atoms with van der Waals surface area (Å²) in [6.07, 6.45) is 5.37. The van der Waals surface area contributed by atoms with Gasteiger partial charge in [0.2, 0.25) is 5.91 Å². The quantitative estimate of drug-likeness (QED) is 0.597. The van der Waals surface area contributed by atoms with Crippen molar-refractivity contribution in [1.29, 1.82) is 0 Å². The van der Waals surface area contributed by atoms with E-state index in [4.69, 9.17) is 4.74 Å². The predicted octanol–water partition coefficient (Wildman–Crippen LogP) is 3.82. The molecule has 28 heavy (non-hydrogen) atoms. The molecule has 2 rings (SSSR count). The van der Waals surface area contributed by atoms with Crippen LogP contribution in [0.3, 0.4) is 0 Å². The fourth-order valence-corrected chi connectivity index (χ4v) is 3.40. The van der Waals surface area contributed by atoms with Gasteiger partial charge in [-0.15, -0.1) is 0 Å². The van der Waals surface area contributed by atoms with E-state index in [9.17, 15) is 9.59 Å². The molecule has 2 N–H and O–H groups in total. The SMILES string of the molecule is CCCCC(=O)Nc1ccc(N2CCC(C)CC2)c(C(=O)NCCCOC)c1. The highest BCUT2D eigenvalue weighted by Crippen LogP contribution is 2.28. The maximum absolute atomic E-state index is 12.9. The number of piperidine rings is 1. The maximum Gasteiger partial charge on any atom is 0.253 e. The Kier molecular flexibility index (Phi) is 9.28. The molecule has 6 nitrogen and oxygen atoms in total. The molecule has 1 aromatic carbocycles. The molecule has 0 atom stereocenters. The lowest BCUT2D eigenvalue weighted by molar-refractivity contribution is -0.116. The van der Waals surface area contributed by atoms with E-state index in [0.717, 1.165) is 56.8 Å². The fourth-order valence-electron chi connectivity index (χ4n) is 3.40. The summed E-state index contributed by atoms with van der Waals surface area (Å²) in [7, 11) is 1.65. The van der Waals surface area contributed by atoms with Crippen LogP contribution in [0.1, 0.15) is 62.7 Å². The van der Waals surface area contributed by atoms with Gasteiger partial charge in [-0.1, -0.05) is 20.3 Å². The highest BCUT2D eigenvalue weighted by Gasteiger charge is 2.21. The van der Waals surface area contributed by atoms with E-state index >= 15 is 0 Å². The van der Waals surface area contributed by atoms with Gasteiger partial charge in [0.1, 0.15) is 0 Å². The lowest BCUT2D eigenvalue weighted by atomic mass is 9.97. The van der Waals surface area contributed by atoms with Gasteiger partial charge in [-0.25, -0.2) is 0 Å². The van der Waals surface area contributed by atoms with Gasteiger partial charge in [0.25, 0.3) is 5.91 Å². The van der Waals surface area contributed by atoms with Crippen LogP contribution < -0.4 is 15.5 Å². The number of anilines is 2. The van der Waals surface area contributed by atoms with Crippen LogP contribution in [-0.2, 0) is 9.53 Å². The minimum absolute atomic E-state index is 0.00662. The second-order valence-electron chi connectivity index (χ2n) is 7.66. The lowest BCUT2D eigenvalue weighted by Gasteiger charge is -2.33. The number of carbonyl (C=O) groups excluding carboxylic acids is 2. The molecular formula is C22H35N3O3. The monoisotopic (exact) mass is 389 g/mol. The number of nitrogens with one attached hydrogen (secondary N) is 2. The van der Waals surface area contributed by atoms with Crippen molar-refractivity contribution >= 4 is 23.2 Å². The summed E-state index contributed by atoms with van der Waals surface area (Å²) < 4.78 is 5.05. The van der Waals surface area contributed by atoms with Crippen LogP contribution in [0.4, 0.5) is 11.4 Å². The van der Waals surface area contributed by atoms with E-state index in [2.05, 4.69) is 29.4 Å². The second-order valence-corrected chi connectivity index (χ2v) is 7.66. The Hall–Kier alpha value is -2.08. The van der Waals surface area contributed by atoms with Crippen molar-refractivity contribution in [3.8, 4) is 0 Å². The predicted molar refractivity (Wildman–Crippen MR) is 114 cm³/mol. The number of rotatable bonds is 10. The van der Waals surface area contributed by atoms with Crippen molar-refractivity contribution in [3.63, 3.8) is 0 Å². The number of methoxy groups -OCH3 is 1. The molecule has 6 heteroatoms. The number of hydrogen-bond donors (Lipinski definition) is 2. The van der Waals surface area contributed by atoms with Crippen LogP contribution >= 0.6 is 0 Å². The number of ether oxygens (including phenoxy) is 1. The number of unbranched alkanes of at least 4 members (excludes halogenated alkanes) is 1. The molecular weight excluding hydrogens is 354 g/mol. The lowest BCUT2D eigenvalue weighted by Crippen LogP contribution is -2.35. The third kappa shape index (κ3) is 6.82. The first kappa shape index (κ1) is 22.2. The summed E-state index contributed by atoms with van der Waals surface area (Å²) in [6, 6.07) is 5.68. The number of nitrogens with zero attached hydrogens (tertiary/aromatic N) is 1. The largest absolute Gasteiger partial charge is 0.385 e. The molecule has 156 valence electrons. The molecule has 1 aliphatic heterocycles. The van der Waals surface area contributed by atoms with E-state index < -0.39 is 0 Å². The van der Waals surface area contributed by atoms with Crippen molar-refractivity contribution in [2.24, 2.45) is 5.92 Å². The van der Waals surface area contributed by atoms with E-state index in [-0.39, 0.29) is 11.8 Å². The Morgan fingerprint density at radius 2 is 1.96 bits per heavy atom. The van der Waals surface area contributed by atoms with Crippen LogP contribution in [0.5, 0.6) is 0 Å². The Bertz CT molecular complexity index is 640. The minimum atomic E-state index is -0.102. The van der Waals surface area contributed by atoms with Crippen LogP contribution in [0.15, 0.2) is 18.2 Å². The molecule has 1 saturated heterocycles. The molecule has 0 saturated carbocycles. The summed E-state index contributed by atoms with van der Waals surface area (Å²) in [4.78, 5) is 27.2. The van der Waals surface area contributed by atoms with Gasteiger partial charge in [0.05, 0.1) is 5.56 Å². The Labute approximate surface area is 169 Å². The topological polar surface area (TPSA) is 70.7 Å². The third-order valence-corrected chi connectivity index (χ3v) is 5.22. The number of benzene rings is 1. The van der Waals surface area contributed by atoms with E-state index in [0.29, 0.717) is 30.8 Å². The molecule has 1 heterocycles. The first-order valence-electron chi connectivity index (χ1n) is 10.5. The van der Waals surface area contributed by atoms with E-state index in [1.165, 1.54) is 0 Å². The molecule has 0 bridgehead atoms. The molecule has 1 aromatic rings. The van der Waals surface area contributed by atoms with Crippen molar-refractivity contribution in [3.05, 3.63) is 23.8 Å². The van der Waals surface area contributed by atoms with Gasteiger partial charge in [0.15, 0.2) is 0 Å². The van der Waals surface area contributed by atoms with Crippen molar-refractivity contribution in [2.45, 2.75) is 52.4 Å². The van der Waals surface area contributed by atoms with Crippen LogP contribution in [0.25, 0.3) is 0 Å². The number of carbonyl (C=O) groups is 2. The zero-order valence-electron chi connectivity index (χ0n) is 17.6. The van der Waals surface area contributed by atoms with E-state index in [1.54, 1.807) is 7.11 Å². The first-order valence-corrected chi connectivity index (χ1v) is 10.5. The normalized spacial score (nSPS) is 14.8. The standard InChI is InChI=1S/C22H35N3O3/c1-4-5-7-21(26)24-18-8-9-20(25-13-10-17(2)11-14-25)19(16-18)22(27)23-12-6-15-28-3/h8-9,16-17H,4-7,10-15H2,1-3H3,(H,23,27)(H,24,26). The third-order valence-electron chi connectivity index (χ3n) is 5.22. The second kappa shape index (κ2) is 11.7. The summed E-state index contributed by atoms with van der Waals surface area (Å²) in [6.45, 7) is 7.42.